The highest BCUT2D eigenvalue weighted by Crippen LogP contribution is 2.29. The minimum atomic E-state index is -0.125. The maximum absolute atomic E-state index is 6.50. The molecule has 1 aliphatic heterocycles. The van der Waals surface area contributed by atoms with Gasteiger partial charge in [0.1, 0.15) is 6.33 Å². The van der Waals surface area contributed by atoms with Crippen LogP contribution in [0.5, 0.6) is 5.88 Å². The first-order valence-corrected chi connectivity index (χ1v) is 6.88. The summed E-state index contributed by atoms with van der Waals surface area (Å²) in [5, 5.41) is -0.125. The Morgan fingerprint density at radius 3 is 2.95 bits per heavy atom. The van der Waals surface area contributed by atoms with Crippen LogP contribution in [0.1, 0.15) is 27.8 Å². The predicted octanol–water partition coefficient (Wildman–Crippen LogP) is 3.04. The van der Waals surface area contributed by atoms with E-state index >= 15 is 0 Å². The summed E-state index contributed by atoms with van der Waals surface area (Å²) in [6.07, 6.45) is 2.13. The van der Waals surface area contributed by atoms with Gasteiger partial charge in [-0.2, -0.15) is 0 Å². The maximum atomic E-state index is 6.50. The Kier molecular flexibility index (Phi) is 3.85. The quantitative estimate of drug-likeness (QED) is 0.812. The second-order valence-corrected chi connectivity index (χ2v) is 5.27. The molecular weight excluding hydrogens is 276 g/mol. The number of ether oxygens (including phenoxy) is 2. The van der Waals surface area contributed by atoms with E-state index in [2.05, 4.69) is 28.2 Å². The Morgan fingerprint density at radius 2 is 2.10 bits per heavy atom. The monoisotopic (exact) mass is 290 g/mol. The van der Waals surface area contributed by atoms with Crippen molar-refractivity contribution in [2.75, 3.05) is 7.11 Å². The van der Waals surface area contributed by atoms with Gasteiger partial charge >= 0.3 is 0 Å². The molecule has 104 valence electrons. The molecule has 0 aliphatic carbocycles. The molecule has 0 bridgehead atoms. The third-order valence-corrected chi connectivity index (χ3v) is 3.81. The molecule has 1 atom stereocenters. The molecule has 0 saturated carbocycles. The Bertz CT molecular complexity index is 619. The lowest BCUT2D eigenvalue weighted by atomic mass is 10.0. The van der Waals surface area contributed by atoms with Crippen molar-refractivity contribution in [3.63, 3.8) is 0 Å². The molecular formula is C15H15ClN2O2. The van der Waals surface area contributed by atoms with E-state index < -0.39 is 0 Å². The van der Waals surface area contributed by atoms with Crippen LogP contribution in [0.25, 0.3) is 0 Å². The summed E-state index contributed by atoms with van der Waals surface area (Å²) >= 11 is 6.50. The average molecular weight is 291 g/mol. The molecule has 0 amide bonds. The van der Waals surface area contributed by atoms with Crippen LogP contribution in [0.4, 0.5) is 0 Å². The van der Waals surface area contributed by atoms with Crippen molar-refractivity contribution in [2.24, 2.45) is 0 Å². The number of hydrogen-bond donors (Lipinski definition) is 0. The molecule has 0 saturated heterocycles. The van der Waals surface area contributed by atoms with E-state index in [-0.39, 0.29) is 5.38 Å². The summed E-state index contributed by atoms with van der Waals surface area (Å²) in [4.78, 5) is 8.22. The van der Waals surface area contributed by atoms with Gasteiger partial charge in [0.15, 0.2) is 0 Å². The molecule has 1 aromatic heterocycles. The summed E-state index contributed by atoms with van der Waals surface area (Å²) < 4.78 is 10.5. The second-order valence-electron chi connectivity index (χ2n) is 4.74. The molecule has 2 heterocycles. The van der Waals surface area contributed by atoms with Gasteiger partial charge < -0.3 is 9.47 Å². The van der Waals surface area contributed by atoms with E-state index in [9.17, 15) is 0 Å². The average Bonchev–Trinajstić information content (AvgIpc) is 2.94. The lowest BCUT2D eigenvalue weighted by Gasteiger charge is -2.11. The van der Waals surface area contributed by atoms with Crippen LogP contribution in [0, 0.1) is 0 Å². The predicted molar refractivity (Wildman–Crippen MR) is 75.8 cm³/mol. The molecule has 0 spiro atoms. The highest BCUT2D eigenvalue weighted by Gasteiger charge is 2.16. The molecule has 0 fully saturated rings. The first kappa shape index (κ1) is 13.3. The zero-order valence-corrected chi connectivity index (χ0v) is 11.9. The van der Waals surface area contributed by atoms with Gasteiger partial charge in [-0.1, -0.05) is 18.2 Å². The van der Waals surface area contributed by atoms with E-state index in [0.29, 0.717) is 25.5 Å². The first-order chi connectivity index (χ1) is 9.76. The van der Waals surface area contributed by atoms with Gasteiger partial charge in [0.25, 0.3) is 0 Å². The number of rotatable bonds is 4. The summed E-state index contributed by atoms with van der Waals surface area (Å²) in [6, 6.07) is 8.08. The van der Waals surface area contributed by atoms with Crippen LogP contribution in [0.15, 0.2) is 30.6 Å². The number of nitrogens with zero attached hydrogens (tertiary/aromatic N) is 2. The van der Waals surface area contributed by atoms with Gasteiger partial charge in [-0.3, -0.25) is 0 Å². The van der Waals surface area contributed by atoms with E-state index in [1.54, 1.807) is 7.11 Å². The lowest BCUT2D eigenvalue weighted by Crippen LogP contribution is -2.01. The van der Waals surface area contributed by atoms with Crippen molar-refractivity contribution in [2.45, 2.75) is 25.0 Å². The molecule has 1 aromatic carbocycles. The molecule has 5 heteroatoms. The van der Waals surface area contributed by atoms with Crippen molar-refractivity contribution in [3.05, 3.63) is 53.0 Å². The summed E-state index contributed by atoms with van der Waals surface area (Å²) in [5.74, 6) is 0.557. The van der Waals surface area contributed by atoms with Crippen LogP contribution >= 0.6 is 11.6 Å². The third-order valence-electron chi connectivity index (χ3n) is 3.40. The topological polar surface area (TPSA) is 44.2 Å². The van der Waals surface area contributed by atoms with Crippen molar-refractivity contribution in [1.29, 1.82) is 0 Å². The van der Waals surface area contributed by atoms with E-state index in [1.807, 2.05) is 6.07 Å². The van der Waals surface area contributed by atoms with E-state index in [0.717, 1.165) is 11.3 Å². The lowest BCUT2D eigenvalue weighted by molar-refractivity contribution is 0.134. The van der Waals surface area contributed by atoms with E-state index in [4.69, 9.17) is 21.1 Å². The van der Waals surface area contributed by atoms with Gasteiger partial charge in [-0.25, -0.2) is 9.97 Å². The summed E-state index contributed by atoms with van der Waals surface area (Å²) in [5.41, 5.74) is 4.44. The van der Waals surface area contributed by atoms with Crippen LogP contribution in [-0.2, 0) is 24.4 Å². The minimum Gasteiger partial charge on any atom is -0.481 e. The van der Waals surface area contributed by atoms with Crippen LogP contribution in [-0.4, -0.2) is 17.1 Å². The summed E-state index contributed by atoms with van der Waals surface area (Å²) in [6.45, 7) is 1.37. The molecule has 4 nitrogen and oxygen atoms in total. The number of alkyl halides is 1. The molecule has 0 N–H and O–H groups in total. The van der Waals surface area contributed by atoms with E-state index in [1.165, 1.54) is 17.5 Å². The van der Waals surface area contributed by atoms with Gasteiger partial charge in [0, 0.05) is 18.2 Å². The van der Waals surface area contributed by atoms with Crippen molar-refractivity contribution < 1.29 is 9.47 Å². The SMILES string of the molecule is COc1cc(CC(Cl)c2ccc3c(c2)COC3)ncn1. The van der Waals surface area contributed by atoms with Gasteiger partial charge in [-0.15, -0.1) is 11.6 Å². The highest BCUT2D eigenvalue weighted by atomic mass is 35.5. The number of fused-ring (bicyclic) bond motifs is 1. The normalized spacial score (nSPS) is 14.9. The maximum Gasteiger partial charge on any atom is 0.216 e. The number of aromatic nitrogens is 2. The standard InChI is InChI=1S/C15H15ClN2O2/c1-19-15-6-13(17-9-18-15)5-14(16)10-2-3-11-7-20-8-12(11)4-10/h2-4,6,9,14H,5,7-8H2,1H3. The van der Waals surface area contributed by atoms with Gasteiger partial charge in [0.2, 0.25) is 5.88 Å². The number of methoxy groups -OCH3 is 1. The van der Waals surface area contributed by atoms with Gasteiger partial charge in [-0.05, 0) is 16.7 Å². The fourth-order valence-electron chi connectivity index (χ4n) is 2.29. The fourth-order valence-corrected chi connectivity index (χ4v) is 2.58. The number of hydrogen-bond acceptors (Lipinski definition) is 4. The van der Waals surface area contributed by atoms with Crippen molar-refractivity contribution in [1.82, 2.24) is 9.97 Å². The van der Waals surface area contributed by atoms with Crippen LogP contribution in [0.3, 0.4) is 0 Å². The largest absolute Gasteiger partial charge is 0.481 e. The molecule has 3 rings (SSSR count). The Hall–Kier alpha value is -1.65. The first-order valence-electron chi connectivity index (χ1n) is 6.44. The van der Waals surface area contributed by atoms with Crippen LogP contribution in [0.2, 0.25) is 0 Å². The zero-order valence-electron chi connectivity index (χ0n) is 11.2. The Balaban J connectivity index is 1.77. The molecule has 1 aliphatic rings. The fraction of sp³-hybridized carbons (Fsp3) is 0.333. The minimum absolute atomic E-state index is 0.125. The second kappa shape index (κ2) is 5.77. The summed E-state index contributed by atoms with van der Waals surface area (Å²) in [7, 11) is 1.59. The third kappa shape index (κ3) is 2.76. The van der Waals surface area contributed by atoms with Crippen molar-refractivity contribution >= 4 is 11.6 Å². The molecule has 2 aromatic rings. The zero-order chi connectivity index (χ0) is 13.9. The molecule has 20 heavy (non-hydrogen) atoms. The Labute approximate surface area is 122 Å². The number of benzene rings is 1. The molecule has 0 radical (unpaired) electrons. The van der Waals surface area contributed by atoms with Crippen LogP contribution < -0.4 is 4.74 Å². The van der Waals surface area contributed by atoms with Gasteiger partial charge in [0.05, 0.1) is 25.7 Å². The number of halogens is 1. The highest BCUT2D eigenvalue weighted by molar-refractivity contribution is 6.20. The van der Waals surface area contributed by atoms with Crippen molar-refractivity contribution in [3.8, 4) is 5.88 Å². The Morgan fingerprint density at radius 1 is 1.25 bits per heavy atom. The smallest absolute Gasteiger partial charge is 0.216 e. The molecule has 1 unspecified atom stereocenters.